The van der Waals surface area contributed by atoms with E-state index in [-0.39, 0.29) is 26.0 Å². The average Bonchev–Trinajstić information content (AvgIpc) is 2.40. The van der Waals surface area contributed by atoms with Crippen LogP contribution in [0, 0.1) is 0 Å². The average molecular weight is 301 g/mol. The van der Waals surface area contributed by atoms with E-state index in [4.69, 9.17) is 13.9 Å². The second-order valence-electron chi connectivity index (χ2n) is 3.90. The van der Waals surface area contributed by atoms with Crippen LogP contribution < -0.4 is 5.48 Å². The van der Waals surface area contributed by atoms with E-state index in [1.807, 2.05) is 30.3 Å². The molecule has 0 heterocycles. The SMILES string of the molecule is CCOP(=O)(CC(=O)NOCc1ccccc1)OCC. The van der Waals surface area contributed by atoms with E-state index in [0.29, 0.717) is 0 Å². The minimum atomic E-state index is -3.38. The fourth-order valence-corrected chi connectivity index (χ4v) is 2.96. The number of hydrogen-bond donors (Lipinski definition) is 1. The minimum absolute atomic E-state index is 0.218. The third kappa shape index (κ3) is 6.30. The lowest BCUT2D eigenvalue weighted by Crippen LogP contribution is -2.27. The predicted molar refractivity (Wildman–Crippen MR) is 75.1 cm³/mol. The van der Waals surface area contributed by atoms with E-state index in [0.717, 1.165) is 5.56 Å². The molecule has 0 aliphatic heterocycles. The van der Waals surface area contributed by atoms with E-state index < -0.39 is 13.5 Å². The molecule has 0 aliphatic rings. The van der Waals surface area contributed by atoms with Crippen LogP contribution in [0.2, 0.25) is 0 Å². The summed E-state index contributed by atoms with van der Waals surface area (Å²) in [5.74, 6) is -0.536. The predicted octanol–water partition coefficient (Wildman–Crippen LogP) is 2.50. The molecule has 7 heteroatoms. The maximum Gasteiger partial charge on any atom is 0.340 e. The molecule has 0 bridgehead atoms. The topological polar surface area (TPSA) is 73.9 Å². The van der Waals surface area contributed by atoms with Crippen LogP contribution >= 0.6 is 7.60 Å². The van der Waals surface area contributed by atoms with Crippen LogP contribution in [-0.4, -0.2) is 25.3 Å². The summed E-state index contributed by atoms with van der Waals surface area (Å²) in [7, 11) is -3.38. The van der Waals surface area contributed by atoms with Crippen molar-refractivity contribution in [2.24, 2.45) is 0 Å². The van der Waals surface area contributed by atoms with Crippen LogP contribution in [0.3, 0.4) is 0 Å². The summed E-state index contributed by atoms with van der Waals surface area (Å²) < 4.78 is 22.1. The first kappa shape index (κ1) is 16.9. The molecule has 1 aromatic rings. The quantitative estimate of drug-likeness (QED) is 0.560. The summed E-state index contributed by atoms with van der Waals surface area (Å²) in [6.07, 6.45) is -0.358. The van der Waals surface area contributed by atoms with Gasteiger partial charge in [-0.15, -0.1) is 0 Å². The van der Waals surface area contributed by atoms with Crippen molar-refractivity contribution in [1.29, 1.82) is 0 Å². The van der Waals surface area contributed by atoms with Gasteiger partial charge >= 0.3 is 7.60 Å². The molecular formula is C13H20NO5P. The highest BCUT2D eigenvalue weighted by molar-refractivity contribution is 7.54. The van der Waals surface area contributed by atoms with Gasteiger partial charge in [0, 0.05) is 0 Å². The van der Waals surface area contributed by atoms with Crippen molar-refractivity contribution in [1.82, 2.24) is 5.48 Å². The van der Waals surface area contributed by atoms with Gasteiger partial charge in [0.25, 0.3) is 5.91 Å². The zero-order valence-corrected chi connectivity index (χ0v) is 12.6. The first-order chi connectivity index (χ1) is 9.59. The third-order valence-electron chi connectivity index (χ3n) is 2.26. The van der Waals surface area contributed by atoms with Crippen molar-refractivity contribution < 1.29 is 23.2 Å². The van der Waals surface area contributed by atoms with Gasteiger partial charge in [-0.3, -0.25) is 14.2 Å². The number of benzene rings is 1. The molecule has 0 saturated carbocycles. The van der Waals surface area contributed by atoms with Gasteiger partial charge in [-0.1, -0.05) is 30.3 Å². The molecule has 0 aromatic heterocycles. The first-order valence-electron chi connectivity index (χ1n) is 6.42. The fraction of sp³-hybridized carbons (Fsp3) is 0.462. The monoisotopic (exact) mass is 301 g/mol. The largest absolute Gasteiger partial charge is 0.340 e. The Labute approximate surface area is 118 Å². The van der Waals surface area contributed by atoms with Crippen LogP contribution in [-0.2, 0) is 29.9 Å². The van der Waals surface area contributed by atoms with E-state index in [1.165, 1.54) is 0 Å². The Balaban J connectivity index is 2.37. The molecule has 0 unspecified atom stereocenters. The second-order valence-corrected chi connectivity index (χ2v) is 5.96. The second kappa shape index (κ2) is 8.87. The molecule has 0 atom stereocenters. The Morgan fingerprint density at radius 1 is 1.15 bits per heavy atom. The van der Waals surface area contributed by atoms with Crippen molar-refractivity contribution in [3.63, 3.8) is 0 Å². The van der Waals surface area contributed by atoms with Crippen LogP contribution in [0.1, 0.15) is 19.4 Å². The molecule has 112 valence electrons. The minimum Gasteiger partial charge on any atom is -0.309 e. The highest BCUT2D eigenvalue weighted by Gasteiger charge is 2.27. The van der Waals surface area contributed by atoms with E-state index in [9.17, 15) is 9.36 Å². The summed E-state index contributed by atoms with van der Waals surface area (Å²) in [4.78, 5) is 16.7. The molecule has 1 rings (SSSR count). The van der Waals surface area contributed by atoms with E-state index >= 15 is 0 Å². The van der Waals surface area contributed by atoms with Crippen molar-refractivity contribution in [2.75, 3.05) is 19.4 Å². The molecule has 0 aliphatic carbocycles. The molecule has 1 amide bonds. The number of amides is 1. The summed E-state index contributed by atoms with van der Waals surface area (Å²) in [6, 6.07) is 9.38. The molecule has 1 N–H and O–H groups in total. The van der Waals surface area contributed by atoms with Gasteiger partial charge in [-0.25, -0.2) is 5.48 Å². The Morgan fingerprint density at radius 2 is 1.75 bits per heavy atom. The number of hydroxylamine groups is 1. The maximum absolute atomic E-state index is 12.1. The molecule has 0 saturated heterocycles. The first-order valence-corrected chi connectivity index (χ1v) is 8.15. The number of carbonyl (C=O) groups is 1. The number of rotatable bonds is 9. The summed E-state index contributed by atoms with van der Waals surface area (Å²) in [6.45, 7) is 4.05. The number of carbonyl (C=O) groups excluding carboxylic acids is 1. The lowest BCUT2D eigenvalue weighted by Gasteiger charge is -2.16. The molecule has 0 fully saturated rings. The Kier molecular flexibility index (Phi) is 7.47. The smallest absolute Gasteiger partial charge is 0.309 e. The molecule has 6 nitrogen and oxygen atoms in total. The van der Waals surface area contributed by atoms with Gasteiger partial charge in [0.05, 0.1) is 19.8 Å². The highest BCUT2D eigenvalue weighted by Crippen LogP contribution is 2.47. The standard InChI is InChI=1S/C13H20NO5P/c1-3-18-20(16,19-4-2)11-13(15)14-17-10-12-8-6-5-7-9-12/h5-9H,3-4,10-11H2,1-2H3,(H,14,15). The van der Waals surface area contributed by atoms with Crippen molar-refractivity contribution in [3.05, 3.63) is 35.9 Å². The summed E-state index contributed by atoms with van der Waals surface area (Å²) in [5, 5.41) is 0. The lowest BCUT2D eigenvalue weighted by molar-refractivity contribution is -0.132. The van der Waals surface area contributed by atoms with Crippen molar-refractivity contribution in [3.8, 4) is 0 Å². The molecule has 1 aromatic carbocycles. The van der Waals surface area contributed by atoms with Gasteiger partial charge < -0.3 is 9.05 Å². The molecule has 0 radical (unpaired) electrons. The van der Waals surface area contributed by atoms with Crippen LogP contribution in [0.25, 0.3) is 0 Å². The summed E-state index contributed by atoms with van der Waals surface area (Å²) >= 11 is 0. The Bertz CT molecular complexity index is 441. The van der Waals surface area contributed by atoms with Crippen molar-refractivity contribution >= 4 is 13.5 Å². The van der Waals surface area contributed by atoms with Crippen LogP contribution in [0.15, 0.2) is 30.3 Å². The molecular weight excluding hydrogens is 281 g/mol. The zero-order chi connectivity index (χ0) is 14.8. The zero-order valence-electron chi connectivity index (χ0n) is 11.7. The highest BCUT2D eigenvalue weighted by atomic mass is 31.2. The van der Waals surface area contributed by atoms with Crippen LogP contribution in [0.5, 0.6) is 0 Å². The Hall–Kier alpha value is -1.20. The number of nitrogens with one attached hydrogen (secondary N) is 1. The number of hydrogen-bond acceptors (Lipinski definition) is 5. The molecule has 0 spiro atoms. The van der Waals surface area contributed by atoms with Gasteiger partial charge in [0.1, 0.15) is 6.16 Å². The van der Waals surface area contributed by atoms with E-state index in [2.05, 4.69) is 5.48 Å². The van der Waals surface area contributed by atoms with Gasteiger partial charge in [-0.2, -0.15) is 0 Å². The molecule has 20 heavy (non-hydrogen) atoms. The third-order valence-corrected chi connectivity index (χ3v) is 4.23. The normalized spacial score (nSPS) is 11.3. The van der Waals surface area contributed by atoms with E-state index in [1.54, 1.807) is 13.8 Å². The lowest BCUT2D eigenvalue weighted by atomic mass is 10.2. The van der Waals surface area contributed by atoms with Crippen molar-refractivity contribution in [2.45, 2.75) is 20.5 Å². The summed E-state index contributed by atoms with van der Waals surface area (Å²) in [5.41, 5.74) is 3.15. The van der Waals surface area contributed by atoms with Gasteiger partial charge in [0.15, 0.2) is 0 Å². The van der Waals surface area contributed by atoms with Gasteiger partial charge in [-0.05, 0) is 19.4 Å². The van der Waals surface area contributed by atoms with Gasteiger partial charge in [0.2, 0.25) is 0 Å². The Morgan fingerprint density at radius 3 is 2.30 bits per heavy atom. The van der Waals surface area contributed by atoms with Crippen LogP contribution in [0.4, 0.5) is 0 Å². The fourth-order valence-electron chi connectivity index (χ4n) is 1.50. The maximum atomic E-state index is 12.1.